The first-order valence-corrected chi connectivity index (χ1v) is 34.7. The maximum absolute atomic E-state index is 12.9. The van der Waals surface area contributed by atoms with Crippen LogP contribution in [0.5, 0.6) is 0 Å². The van der Waals surface area contributed by atoms with E-state index in [1.54, 1.807) is 0 Å². The Hall–Kier alpha value is -3.67. The summed E-state index contributed by atoms with van der Waals surface area (Å²) in [5, 5.41) is 0. The van der Waals surface area contributed by atoms with Gasteiger partial charge in [-0.05, 0) is 83.5 Å². The second-order valence-electron chi connectivity index (χ2n) is 23.1. The molecule has 6 heteroatoms. The van der Waals surface area contributed by atoms with Gasteiger partial charge in [-0.3, -0.25) is 14.4 Å². The second-order valence-corrected chi connectivity index (χ2v) is 23.1. The van der Waals surface area contributed by atoms with Crippen LogP contribution >= 0.6 is 0 Å². The third-order valence-corrected chi connectivity index (χ3v) is 15.1. The van der Waals surface area contributed by atoms with Crippen LogP contribution in [0.3, 0.4) is 0 Å². The van der Waals surface area contributed by atoms with E-state index in [0.717, 1.165) is 116 Å². The molecule has 1 unspecified atom stereocenters. The molecule has 0 aliphatic carbocycles. The number of esters is 3. The lowest BCUT2D eigenvalue weighted by atomic mass is 10.0. The molecule has 0 bridgehead atoms. The monoisotopic (exact) mass is 1130 g/mol. The molecule has 0 aromatic carbocycles. The average molecular weight is 1130 g/mol. The molecule has 0 saturated heterocycles. The fourth-order valence-corrected chi connectivity index (χ4v) is 9.93. The maximum Gasteiger partial charge on any atom is 0.306 e. The molecule has 0 aromatic rings. The molecule has 81 heavy (non-hydrogen) atoms. The molecule has 0 radical (unpaired) electrons. The lowest BCUT2D eigenvalue weighted by Crippen LogP contribution is -2.30. The Morgan fingerprint density at radius 3 is 0.753 bits per heavy atom. The summed E-state index contributed by atoms with van der Waals surface area (Å²) in [6.07, 6.45) is 92.8. The van der Waals surface area contributed by atoms with Crippen LogP contribution in [0.25, 0.3) is 0 Å². The molecule has 1 atom stereocenters. The van der Waals surface area contributed by atoms with Gasteiger partial charge < -0.3 is 14.2 Å². The third kappa shape index (κ3) is 67.0. The number of carbonyl (C=O) groups is 3. The molecule has 0 rings (SSSR count). The number of allylic oxidation sites excluding steroid dienone is 16. The zero-order valence-corrected chi connectivity index (χ0v) is 53.5. The predicted octanol–water partition coefficient (Wildman–Crippen LogP) is 24.0. The summed E-state index contributed by atoms with van der Waals surface area (Å²) < 4.78 is 17.0. The number of ether oxygens (including phenoxy) is 3. The summed E-state index contributed by atoms with van der Waals surface area (Å²) in [6, 6.07) is 0. The number of hydrogen-bond acceptors (Lipinski definition) is 6. The molecule has 6 nitrogen and oxygen atoms in total. The highest BCUT2D eigenvalue weighted by atomic mass is 16.6. The van der Waals surface area contributed by atoms with E-state index in [1.807, 2.05) is 0 Å². The van der Waals surface area contributed by atoms with Crippen LogP contribution in [-0.2, 0) is 28.6 Å². The van der Waals surface area contributed by atoms with Crippen LogP contribution in [0, 0.1) is 0 Å². The highest BCUT2D eigenvalue weighted by Gasteiger charge is 2.19. The van der Waals surface area contributed by atoms with Gasteiger partial charge in [0.25, 0.3) is 0 Å². The first kappa shape index (κ1) is 77.3. The van der Waals surface area contributed by atoms with Crippen LogP contribution in [0.1, 0.15) is 342 Å². The van der Waals surface area contributed by atoms with Gasteiger partial charge >= 0.3 is 17.9 Å². The Balaban J connectivity index is 4.24. The topological polar surface area (TPSA) is 78.9 Å². The predicted molar refractivity (Wildman–Crippen MR) is 353 cm³/mol. The molecular formula is C75H130O6. The molecule has 0 spiro atoms. The highest BCUT2D eigenvalue weighted by molar-refractivity contribution is 5.71. The average Bonchev–Trinajstić information content (AvgIpc) is 3.47. The second kappa shape index (κ2) is 68.8. The number of hydrogen-bond donors (Lipinski definition) is 0. The quantitative estimate of drug-likeness (QED) is 0.0261. The Kier molecular flexibility index (Phi) is 65.7. The Morgan fingerprint density at radius 1 is 0.259 bits per heavy atom. The van der Waals surface area contributed by atoms with Gasteiger partial charge in [-0.2, -0.15) is 0 Å². The lowest BCUT2D eigenvalue weighted by molar-refractivity contribution is -0.167. The summed E-state index contributed by atoms with van der Waals surface area (Å²) in [5.41, 5.74) is 0. The van der Waals surface area contributed by atoms with Gasteiger partial charge in [0, 0.05) is 19.3 Å². The molecule has 0 saturated carbocycles. The van der Waals surface area contributed by atoms with Gasteiger partial charge in [0.2, 0.25) is 0 Å². The van der Waals surface area contributed by atoms with Crippen LogP contribution in [-0.4, -0.2) is 37.2 Å². The summed E-state index contributed by atoms with van der Waals surface area (Å²) in [5.74, 6) is -0.865. The normalized spacial score (nSPS) is 12.7. The zero-order chi connectivity index (χ0) is 58.5. The lowest BCUT2D eigenvalue weighted by Gasteiger charge is -2.18. The van der Waals surface area contributed by atoms with Crippen LogP contribution in [0.15, 0.2) is 97.2 Å². The largest absolute Gasteiger partial charge is 0.462 e. The van der Waals surface area contributed by atoms with Crippen molar-refractivity contribution >= 4 is 17.9 Å². The van der Waals surface area contributed by atoms with E-state index in [9.17, 15) is 14.4 Å². The number of unbranched alkanes of at least 4 members (excludes halogenated alkanes) is 36. The smallest absolute Gasteiger partial charge is 0.306 e. The van der Waals surface area contributed by atoms with Crippen molar-refractivity contribution in [2.24, 2.45) is 0 Å². The Bertz CT molecular complexity index is 1580. The van der Waals surface area contributed by atoms with Crippen LogP contribution in [0.2, 0.25) is 0 Å². The minimum atomic E-state index is -0.778. The van der Waals surface area contributed by atoms with Gasteiger partial charge in [-0.15, -0.1) is 0 Å². The van der Waals surface area contributed by atoms with Gasteiger partial charge in [0.1, 0.15) is 13.2 Å². The molecule has 0 aliphatic rings. The number of rotatable bonds is 63. The zero-order valence-electron chi connectivity index (χ0n) is 53.5. The molecule has 466 valence electrons. The maximum atomic E-state index is 12.9. The molecule has 0 amide bonds. The summed E-state index contributed by atoms with van der Waals surface area (Å²) in [7, 11) is 0. The van der Waals surface area contributed by atoms with Crippen molar-refractivity contribution in [3.05, 3.63) is 97.2 Å². The first-order chi connectivity index (χ1) is 40.0. The molecule has 0 heterocycles. The van der Waals surface area contributed by atoms with E-state index in [1.165, 1.54) is 186 Å². The van der Waals surface area contributed by atoms with Crippen molar-refractivity contribution in [2.75, 3.05) is 13.2 Å². The molecular weight excluding hydrogens is 997 g/mol. The van der Waals surface area contributed by atoms with Crippen molar-refractivity contribution in [2.45, 2.75) is 348 Å². The molecule has 0 N–H and O–H groups in total. The van der Waals surface area contributed by atoms with E-state index in [0.29, 0.717) is 19.3 Å². The summed E-state index contributed by atoms with van der Waals surface area (Å²) in [6.45, 7) is 6.56. The van der Waals surface area contributed by atoms with Crippen molar-refractivity contribution in [3.63, 3.8) is 0 Å². The summed E-state index contributed by atoms with van der Waals surface area (Å²) >= 11 is 0. The SMILES string of the molecule is CC/C=C\C/C=C\C/C=C\C/C=C\C/C=C\C/C=C\C/C=C\C/C=C\CCCCCCCCCCC(=O)OCC(COC(=O)CCCCCCCCCCCCCC)OC(=O)CCCCCCCCCCCCCCCCCCCC. The van der Waals surface area contributed by atoms with Crippen molar-refractivity contribution in [1.82, 2.24) is 0 Å². The summed E-state index contributed by atoms with van der Waals surface area (Å²) in [4.78, 5) is 38.4. The van der Waals surface area contributed by atoms with Crippen molar-refractivity contribution < 1.29 is 28.6 Å². The standard InChI is InChI=1S/C75H130O6/c1-4-7-10-13-16-19-22-25-27-29-31-32-33-34-35-36-37-38-39-40-41-42-43-44-45-47-48-50-53-56-59-62-65-68-74(77)80-71-72(70-79-73(76)67-64-61-58-55-52-24-21-18-15-12-9-6-3)81-75(78)69-66-63-60-57-54-51-49-46-30-28-26-23-20-17-14-11-8-5-2/h7,10,16,19,25,27,31-32,34-35,37-38,40-41,43-44,72H,4-6,8-9,11-15,17-18,20-24,26,28-30,33,36,39,42,45-71H2,1-3H3/b10-7-,19-16-,27-25-,32-31-,35-34-,38-37-,41-40-,44-43-. The first-order valence-electron chi connectivity index (χ1n) is 34.7. The Morgan fingerprint density at radius 2 is 0.481 bits per heavy atom. The van der Waals surface area contributed by atoms with Gasteiger partial charge in [0.15, 0.2) is 6.10 Å². The minimum absolute atomic E-state index is 0.0742. The Labute approximate surface area is 502 Å². The van der Waals surface area contributed by atoms with E-state index < -0.39 is 6.10 Å². The molecule has 0 aromatic heterocycles. The highest BCUT2D eigenvalue weighted by Crippen LogP contribution is 2.17. The van der Waals surface area contributed by atoms with E-state index in [-0.39, 0.29) is 31.1 Å². The van der Waals surface area contributed by atoms with Crippen LogP contribution in [0.4, 0.5) is 0 Å². The fraction of sp³-hybridized carbons (Fsp3) is 0.747. The van der Waals surface area contributed by atoms with E-state index in [4.69, 9.17) is 14.2 Å². The minimum Gasteiger partial charge on any atom is -0.462 e. The van der Waals surface area contributed by atoms with Crippen molar-refractivity contribution in [3.8, 4) is 0 Å². The van der Waals surface area contributed by atoms with Gasteiger partial charge in [-0.1, -0.05) is 336 Å². The molecule has 0 aliphatic heterocycles. The van der Waals surface area contributed by atoms with E-state index in [2.05, 4.69) is 118 Å². The van der Waals surface area contributed by atoms with Gasteiger partial charge in [0.05, 0.1) is 0 Å². The van der Waals surface area contributed by atoms with Gasteiger partial charge in [-0.25, -0.2) is 0 Å². The number of carbonyl (C=O) groups excluding carboxylic acids is 3. The van der Waals surface area contributed by atoms with Crippen molar-refractivity contribution in [1.29, 1.82) is 0 Å². The fourth-order valence-electron chi connectivity index (χ4n) is 9.93. The third-order valence-electron chi connectivity index (χ3n) is 15.1. The molecule has 0 fully saturated rings. The van der Waals surface area contributed by atoms with Crippen LogP contribution < -0.4 is 0 Å². The van der Waals surface area contributed by atoms with E-state index >= 15 is 0 Å².